The summed E-state index contributed by atoms with van der Waals surface area (Å²) >= 11 is 1.22. The Balaban J connectivity index is 2.46. The Morgan fingerprint density at radius 3 is 2.72 bits per heavy atom. The molecule has 0 saturated heterocycles. The molecule has 0 aliphatic rings. The molecule has 0 amide bonds. The van der Waals surface area contributed by atoms with Crippen molar-refractivity contribution in [2.45, 2.75) is 13.8 Å². The fourth-order valence-corrected chi connectivity index (χ4v) is 2.38. The van der Waals surface area contributed by atoms with Crippen molar-refractivity contribution < 1.29 is 9.66 Å². The molecule has 0 spiro atoms. The lowest BCUT2D eigenvalue weighted by molar-refractivity contribution is -0.384. The summed E-state index contributed by atoms with van der Waals surface area (Å²) in [7, 11) is 0. The number of nitro groups is 1. The summed E-state index contributed by atoms with van der Waals surface area (Å²) < 4.78 is 5.83. The van der Waals surface area contributed by atoms with Crippen LogP contribution in [0.1, 0.15) is 11.1 Å². The molecule has 25 heavy (non-hydrogen) atoms. The molecule has 0 heterocycles. The summed E-state index contributed by atoms with van der Waals surface area (Å²) in [6, 6.07) is 10.0. The predicted molar refractivity (Wildman–Crippen MR) is 98.4 cm³/mol. The molecular weight excluding hydrogens is 340 g/mol. The van der Waals surface area contributed by atoms with E-state index in [9.17, 15) is 10.1 Å². The van der Waals surface area contributed by atoms with Crippen molar-refractivity contribution in [2.24, 2.45) is 4.99 Å². The molecule has 0 saturated carbocycles. The van der Waals surface area contributed by atoms with E-state index in [-0.39, 0.29) is 5.69 Å². The van der Waals surface area contributed by atoms with Crippen LogP contribution in [0.5, 0.6) is 11.5 Å². The predicted octanol–water partition coefficient (Wildman–Crippen LogP) is 4.43. The maximum atomic E-state index is 11.2. The maximum absolute atomic E-state index is 11.2. The van der Waals surface area contributed by atoms with Gasteiger partial charge in [0.05, 0.1) is 16.7 Å². The highest BCUT2D eigenvalue weighted by atomic mass is 32.2. The van der Waals surface area contributed by atoms with Crippen molar-refractivity contribution in [1.82, 2.24) is 5.32 Å². The van der Waals surface area contributed by atoms with E-state index in [0.717, 1.165) is 11.1 Å². The Morgan fingerprint density at radius 1 is 1.32 bits per heavy atom. The van der Waals surface area contributed by atoms with Crippen LogP contribution in [0.2, 0.25) is 0 Å². The van der Waals surface area contributed by atoms with Crippen molar-refractivity contribution in [3.63, 3.8) is 0 Å². The molecule has 128 valence electrons. The number of non-ortho nitro benzene ring substituents is 1. The molecule has 0 aromatic heterocycles. The van der Waals surface area contributed by atoms with Gasteiger partial charge in [-0.05, 0) is 37.3 Å². The van der Waals surface area contributed by atoms with E-state index < -0.39 is 4.92 Å². The summed E-state index contributed by atoms with van der Waals surface area (Å²) in [5, 5.41) is 22.7. The number of rotatable bonds is 4. The van der Waals surface area contributed by atoms with Gasteiger partial charge in [0.15, 0.2) is 11.4 Å². The third-order valence-electron chi connectivity index (χ3n) is 3.25. The summed E-state index contributed by atoms with van der Waals surface area (Å²) in [5.74, 6) is 0.926. The smallest absolute Gasteiger partial charge is 0.275 e. The SMILES string of the molecule is CSC(=Nc1cc(Oc2cc(C)ccc2C)cc([N+](=O)[O-])c1)NC#N. The first-order valence-corrected chi connectivity index (χ1v) is 8.48. The second-order valence-electron chi connectivity index (χ2n) is 5.17. The molecule has 0 atom stereocenters. The zero-order chi connectivity index (χ0) is 18.4. The minimum absolute atomic E-state index is 0.140. The maximum Gasteiger partial charge on any atom is 0.275 e. The molecule has 0 fully saturated rings. The van der Waals surface area contributed by atoms with Crippen LogP contribution in [0, 0.1) is 35.4 Å². The van der Waals surface area contributed by atoms with Crippen LogP contribution in [0.3, 0.4) is 0 Å². The topological polar surface area (TPSA) is 101 Å². The lowest BCUT2D eigenvalue weighted by Gasteiger charge is -2.10. The van der Waals surface area contributed by atoms with Gasteiger partial charge >= 0.3 is 0 Å². The second kappa shape index (κ2) is 8.17. The average Bonchev–Trinajstić information content (AvgIpc) is 2.57. The van der Waals surface area contributed by atoms with Gasteiger partial charge in [0.25, 0.3) is 5.69 Å². The molecule has 0 aliphatic heterocycles. The Kier molecular flexibility index (Phi) is 5.98. The summed E-state index contributed by atoms with van der Waals surface area (Å²) in [4.78, 5) is 14.9. The first-order valence-electron chi connectivity index (χ1n) is 7.25. The largest absolute Gasteiger partial charge is 0.457 e. The van der Waals surface area contributed by atoms with Crippen LogP contribution < -0.4 is 10.1 Å². The van der Waals surface area contributed by atoms with Crippen molar-refractivity contribution in [3.05, 3.63) is 57.6 Å². The molecule has 8 heteroatoms. The Labute approximate surface area is 149 Å². The highest BCUT2D eigenvalue weighted by molar-refractivity contribution is 8.13. The lowest BCUT2D eigenvalue weighted by Crippen LogP contribution is -2.12. The van der Waals surface area contributed by atoms with Gasteiger partial charge in [-0.3, -0.25) is 15.4 Å². The molecule has 0 bridgehead atoms. The van der Waals surface area contributed by atoms with Crippen molar-refractivity contribution in [3.8, 4) is 17.7 Å². The van der Waals surface area contributed by atoms with Crippen molar-refractivity contribution in [2.75, 3.05) is 6.26 Å². The summed E-state index contributed by atoms with van der Waals surface area (Å²) in [5.41, 5.74) is 2.12. The van der Waals surface area contributed by atoms with E-state index in [0.29, 0.717) is 22.4 Å². The molecule has 2 aromatic carbocycles. The third-order valence-corrected chi connectivity index (χ3v) is 3.83. The van der Waals surface area contributed by atoms with E-state index in [1.165, 1.54) is 23.9 Å². The standard InChI is InChI=1S/C17H16N4O3S/c1-11-4-5-12(2)16(6-11)24-15-8-13(7-14(9-15)21(22)23)20-17(25-3)19-10-18/h4-9H,1-3H3,(H,19,20). The monoisotopic (exact) mass is 356 g/mol. The molecule has 7 nitrogen and oxygen atoms in total. The van der Waals surface area contributed by atoms with Crippen LogP contribution in [-0.2, 0) is 0 Å². The Hall–Kier alpha value is -3.05. The number of thioether (sulfide) groups is 1. The van der Waals surface area contributed by atoms with Gasteiger partial charge in [-0.15, -0.1) is 0 Å². The van der Waals surface area contributed by atoms with E-state index in [4.69, 9.17) is 10.00 Å². The van der Waals surface area contributed by atoms with E-state index in [2.05, 4.69) is 10.3 Å². The molecule has 0 aliphatic carbocycles. The number of nitriles is 1. The van der Waals surface area contributed by atoms with Crippen molar-refractivity contribution in [1.29, 1.82) is 5.26 Å². The minimum Gasteiger partial charge on any atom is -0.457 e. The zero-order valence-corrected chi connectivity index (χ0v) is 14.8. The van der Waals surface area contributed by atoms with Gasteiger partial charge < -0.3 is 4.74 Å². The van der Waals surface area contributed by atoms with E-state index >= 15 is 0 Å². The van der Waals surface area contributed by atoms with Crippen molar-refractivity contribution >= 4 is 28.3 Å². The summed E-state index contributed by atoms with van der Waals surface area (Å²) in [6.07, 6.45) is 3.52. The molecular formula is C17H16N4O3S. The second-order valence-corrected chi connectivity index (χ2v) is 5.97. The first-order chi connectivity index (χ1) is 11.9. The Bertz CT molecular complexity index is 875. The number of hydrogen-bond donors (Lipinski definition) is 1. The number of nitrogens with zero attached hydrogens (tertiary/aromatic N) is 3. The fraction of sp³-hybridized carbons (Fsp3) is 0.176. The lowest BCUT2D eigenvalue weighted by atomic mass is 10.1. The number of hydrogen-bond acceptors (Lipinski definition) is 6. The van der Waals surface area contributed by atoms with Crippen LogP contribution in [0.4, 0.5) is 11.4 Å². The van der Waals surface area contributed by atoms with E-state index in [1.54, 1.807) is 18.5 Å². The number of nitrogens with one attached hydrogen (secondary N) is 1. The zero-order valence-electron chi connectivity index (χ0n) is 13.9. The molecule has 1 N–H and O–H groups in total. The Morgan fingerprint density at radius 2 is 2.08 bits per heavy atom. The van der Waals surface area contributed by atoms with Crippen LogP contribution in [0.15, 0.2) is 41.4 Å². The minimum atomic E-state index is -0.508. The van der Waals surface area contributed by atoms with Gasteiger partial charge in [0, 0.05) is 12.1 Å². The van der Waals surface area contributed by atoms with Gasteiger partial charge in [-0.1, -0.05) is 23.9 Å². The van der Waals surface area contributed by atoms with Gasteiger partial charge in [0.2, 0.25) is 0 Å². The third kappa shape index (κ3) is 4.96. The number of aryl methyl sites for hydroxylation is 2. The molecule has 0 unspecified atom stereocenters. The normalized spacial score (nSPS) is 10.9. The van der Waals surface area contributed by atoms with Crippen LogP contribution >= 0.6 is 11.8 Å². The summed E-state index contributed by atoms with van der Waals surface area (Å²) in [6.45, 7) is 3.83. The number of ether oxygens (including phenoxy) is 1. The number of benzene rings is 2. The number of amidine groups is 1. The highest BCUT2D eigenvalue weighted by Crippen LogP contribution is 2.33. The van der Waals surface area contributed by atoms with Gasteiger partial charge in [-0.2, -0.15) is 5.26 Å². The van der Waals surface area contributed by atoms with Gasteiger partial charge in [0.1, 0.15) is 11.5 Å². The molecule has 2 rings (SSSR count). The van der Waals surface area contributed by atoms with Crippen LogP contribution in [0.25, 0.3) is 0 Å². The first kappa shape index (κ1) is 18.3. The molecule has 2 aromatic rings. The van der Waals surface area contributed by atoms with Crippen LogP contribution in [-0.4, -0.2) is 16.3 Å². The van der Waals surface area contributed by atoms with Gasteiger partial charge in [-0.25, -0.2) is 4.99 Å². The highest BCUT2D eigenvalue weighted by Gasteiger charge is 2.13. The quantitative estimate of drug-likeness (QED) is 0.217. The molecule has 0 radical (unpaired) electrons. The van der Waals surface area contributed by atoms with E-state index in [1.807, 2.05) is 32.0 Å². The number of aliphatic imine (C=N–C) groups is 1. The average molecular weight is 356 g/mol. The number of nitro benzene ring substituents is 1. The fourth-order valence-electron chi connectivity index (χ4n) is 2.03.